The number of rotatable bonds is 6. The fourth-order valence-corrected chi connectivity index (χ4v) is 5.22. The second-order valence-electron chi connectivity index (χ2n) is 7.40. The molecule has 3 aromatic rings. The minimum absolute atomic E-state index is 0.0147. The van der Waals surface area contributed by atoms with Crippen molar-refractivity contribution in [1.82, 2.24) is 14.9 Å². The molecule has 5 nitrogen and oxygen atoms in total. The van der Waals surface area contributed by atoms with Crippen molar-refractivity contribution in [3.05, 3.63) is 45.8 Å². The van der Waals surface area contributed by atoms with E-state index in [-0.39, 0.29) is 34.6 Å². The zero-order chi connectivity index (χ0) is 21.3. The first-order valence-corrected chi connectivity index (χ1v) is 11.2. The number of aromatic amines is 1. The number of amides is 1. The number of nitrogens with zero attached hydrogens (tertiary/aromatic N) is 2. The highest BCUT2D eigenvalue weighted by Crippen LogP contribution is 2.32. The summed E-state index contributed by atoms with van der Waals surface area (Å²) in [5.74, 6) is -0.310. The number of thiophene rings is 1. The van der Waals surface area contributed by atoms with Crippen molar-refractivity contribution in [2.75, 3.05) is 0 Å². The molecule has 0 aliphatic heterocycles. The van der Waals surface area contributed by atoms with Crippen molar-refractivity contribution in [1.29, 1.82) is 0 Å². The van der Waals surface area contributed by atoms with Gasteiger partial charge in [0.25, 0.3) is 5.56 Å². The second-order valence-corrected chi connectivity index (χ2v) is 9.59. The molecule has 0 saturated carbocycles. The van der Waals surface area contributed by atoms with E-state index >= 15 is 0 Å². The van der Waals surface area contributed by atoms with Crippen LogP contribution in [0.25, 0.3) is 21.3 Å². The van der Waals surface area contributed by atoms with Crippen LogP contribution in [0.1, 0.15) is 34.6 Å². The molecule has 0 fully saturated rings. The average molecular weight is 434 g/mol. The zero-order valence-electron chi connectivity index (χ0n) is 17.0. The first kappa shape index (κ1) is 21.5. The van der Waals surface area contributed by atoms with Crippen LogP contribution in [0.3, 0.4) is 0 Å². The minimum Gasteiger partial charge on any atom is -0.337 e. The molecule has 0 aliphatic carbocycles. The van der Waals surface area contributed by atoms with Gasteiger partial charge in [-0.2, -0.15) is 0 Å². The van der Waals surface area contributed by atoms with Crippen LogP contribution < -0.4 is 5.56 Å². The van der Waals surface area contributed by atoms with Crippen molar-refractivity contribution in [2.45, 2.75) is 57.1 Å². The summed E-state index contributed by atoms with van der Waals surface area (Å²) in [6.45, 7) is 9.79. The van der Waals surface area contributed by atoms with Gasteiger partial charge in [-0.05, 0) is 52.3 Å². The number of H-pyrrole nitrogens is 1. The number of fused-ring (bicyclic) bond motifs is 1. The number of aromatic nitrogens is 2. The van der Waals surface area contributed by atoms with Crippen LogP contribution in [-0.2, 0) is 4.79 Å². The predicted molar refractivity (Wildman–Crippen MR) is 118 cm³/mol. The Morgan fingerprint density at radius 3 is 2.34 bits per heavy atom. The first-order chi connectivity index (χ1) is 13.7. The van der Waals surface area contributed by atoms with E-state index in [4.69, 9.17) is 0 Å². The molecule has 8 heteroatoms. The van der Waals surface area contributed by atoms with Crippen molar-refractivity contribution in [2.24, 2.45) is 0 Å². The summed E-state index contributed by atoms with van der Waals surface area (Å²) in [5.41, 5.74) is 1.23. The Morgan fingerprint density at radius 2 is 1.76 bits per heavy atom. The third-order valence-corrected chi connectivity index (χ3v) is 6.42. The maximum Gasteiger partial charge on any atom is 0.260 e. The van der Waals surface area contributed by atoms with E-state index in [1.165, 1.54) is 35.2 Å². The average Bonchev–Trinajstić information content (AvgIpc) is 3.06. The fourth-order valence-electron chi connectivity index (χ4n) is 3.36. The van der Waals surface area contributed by atoms with Crippen molar-refractivity contribution < 1.29 is 9.18 Å². The van der Waals surface area contributed by atoms with Gasteiger partial charge in [-0.1, -0.05) is 23.9 Å². The molecule has 1 amide bonds. The van der Waals surface area contributed by atoms with E-state index < -0.39 is 0 Å². The van der Waals surface area contributed by atoms with Gasteiger partial charge in [0, 0.05) is 23.0 Å². The lowest BCUT2D eigenvalue weighted by Crippen LogP contribution is -2.45. The van der Waals surface area contributed by atoms with E-state index in [0.29, 0.717) is 15.4 Å². The van der Waals surface area contributed by atoms with E-state index in [0.717, 1.165) is 11.1 Å². The highest BCUT2D eigenvalue weighted by atomic mass is 32.2. The molecule has 0 spiro atoms. The number of thioether (sulfide) groups is 1. The fraction of sp³-hybridized carbons (Fsp3) is 0.381. The molecule has 1 unspecified atom stereocenters. The molecule has 2 heterocycles. The molecule has 1 atom stereocenters. The summed E-state index contributed by atoms with van der Waals surface area (Å²) in [5, 5.41) is 2.37. The van der Waals surface area contributed by atoms with Gasteiger partial charge in [0.1, 0.15) is 10.6 Å². The van der Waals surface area contributed by atoms with Gasteiger partial charge in [0.2, 0.25) is 5.91 Å². The Balaban J connectivity index is 1.90. The lowest BCUT2D eigenvalue weighted by molar-refractivity contribution is -0.133. The smallest absolute Gasteiger partial charge is 0.260 e. The Kier molecular flexibility index (Phi) is 6.43. The van der Waals surface area contributed by atoms with E-state index in [2.05, 4.69) is 9.97 Å². The molecule has 0 saturated heterocycles. The van der Waals surface area contributed by atoms with E-state index in [9.17, 15) is 14.0 Å². The molecule has 1 N–H and O–H groups in total. The Hall–Kier alpha value is -2.19. The third-order valence-electron chi connectivity index (χ3n) is 4.58. The van der Waals surface area contributed by atoms with Gasteiger partial charge in [-0.3, -0.25) is 9.59 Å². The summed E-state index contributed by atoms with van der Waals surface area (Å²) >= 11 is 2.61. The van der Waals surface area contributed by atoms with Crippen molar-refractivity contribution >= 4 is 39.2 Å². The number of hydrogen-bond acceptors (Lipinski definition) is 5. The van der Waals surface area contributed by atoms with Gasteiger partial charge >= 0.3 is 0 Å². The normalized spacial score (nSPS) is 12.7. The standard InChI is InChI=1S/C21H24FN3O2S2/c1-11(2)25(12(3)4)20(27)13(5)29-21-23-18(26)17-16(10-28-19(17)24-21)14-6-8-15(22)9-7-14/h6-13H,1-5H3,(H,23,24,26). The summed E-state index contributed by atoms with van der Waals surface area (Å²) in [6.07, 6.45) is 0. The highest BCUT2D eigenvalue weighted by molar-refractivity contribution is 8.00. The number of halogens is 1. The molecule has 29 heavy (non-hydrogen) atoms. The van der Waals surface area contributed by atoms with Gasteiger partial charge in [-0.15, -0.1) is 11.3 Å². The third kappa shape index (κ3) is 4.53. The molecule has 2 aromatic heterocycles. The summed E-state index contributed by atoms with van der Waals surface area (Å²) in [6, 6.07) is 6.21. The summed E-state index contributed by atoms with van der Waals surface area (Å²) in [7, 11) is 0. The van der Waals surface area contributed by atoms with Crippen molar-refractivity contribution in [3.63, 3.8) is 0 Å². The van der Waals surface area contributed by atoms with E-state index in [1.807, 2.05) is 44.9 Å². The quantitative estimate of drug-likeness (QED) is 0.443. The zero-order valence-corrected chi connectivity index (χ0v) is 18.7. The molecule has 3 rings (SSSR count). The summed E-state index contributed by atoms with van der Waals surface area (Å²) in [4.78, 5) is 35.4. The number of nitrogens with one attached hydrogen (secondary N) is 1. The van der Waals surface area contributed by atoms with Crippen LogP contribution >= 0.6 is 23.1 Å². The minimum atomic E-state index is -0.378. The Bertz CT molecular complexity index is 1070. The topological polar surface area (TPSA) is 66.1 Å². The van der Waals surface area contributed by atoms with Gasteiger partial charge in [0.15, 0.2) is 5.16 Å². The largest absolute Gasteiger partial charge is 0.337 e. The lowest BCUT2D eigenvalue weighted by atomic mass is 10.1. The molecule has 154 valence electrons. The molecular weight excluding hydrogens is 409 g/mol. The van der Waals surface area contributed by atoms with Crippen LogP contribution in [0.5, 0.6) is 0 Å². The first-order valence-electron chi connectivity index (χ1n) is 9.45. The number of carbonyl (C=O) groups excluding carboxylic acids is 1. The Labute approximate surface area is 177 Å². The van der Waals surface area contributed by atoms with Crippen LogP contribution in [0.4, 0.5) is 4.39 Å². The van der Waals surface area contributed by atoms with Crippen LogP contribution in [-0.4, -0.2) is 38.1 Å². The number of hydrogen-bond donors (Lipinski definition) is 1. The summed E-state index contributed by atoms with van der Waals surface area (Å²) < 4.78 is 13.2. The number of benzene rings is 1. The predicted octanol–water partition coefficient (Wildman–Crippen LogP) is 4.92. The van der Waals surface area contributed by atoms with E-state index in [1.54, 1.807) is 12.1 Å². The lowest BCUT2D eigenvalue weighted by Gasteiger charge is -2.32. The molecule has 0 aliphatic rings. The molecular formula is C21H24FN3O2S2. The molecule has 0 radical (unpaired) electrons. The second kappa shape index (κ2) is 8.67. The van der Waals surface area contributed by atoms with Gasteiger partial charge in [-0.25, -0.2) is 9.37 Å². The monoisotopic (exact) mass is 433 g/mol. The molecule has 0 bridgehead atoms. The van der Waals surface area contributed by atoms with Crippen LogP contribution in [0, 0.1) is 5.82 Å². The number of carbonyl (C=O) groups is 1. The maximum absolute atomic E-state index is 13.2. The van der Waals surface area contributed by atoms with Crippen LogP contribution in [0.15, 0.2) is 39.6 Å². The van der Waals surface area contributed by atoms with Gasteiger partial charge in [0.05, 0.1) is 10.6 Å². The SMILES string of the molecule is CC(Sc1nc2scc(-c3ccc(F)cc3)c2c(=O)[nH]1)C(=O)N(C(C)C)C(C)C. The highest BCUT2D eigenvalue weighted by Gasteiger charge is 2.26. The van der Waals surface area contributed by atoms with Crippen LogP contribution in [0.2, 0.25) is 0 Å². The van der Waals surface area contributed by atoms with Gasteiger partial charge < -0.3 is 9.88 Å². The Morgan fingerprint density at radius 1 is 1.14 bits per heavy atom. The molecule has 1 aromatic carbocycles. The maximum atomic E-state index is 13.2. The van der Waals surface area contributed by atoms with Crippen molar-refractivity contribution in [3.8, 4) is 11.1 Å².